The van der Waals surface area contributed by atoms with Crippen LogP contribution in [0.1, 0.15) is 19.8 Å². The van der Waals surface area contributed by atoms with E-state index in [9.17, 15) is 0 Å². The predicted octanol–water partition coefficient (Wildman–Crippen LogP) is 3.74. The van der Waals surface area contributed by atoms with Gasteiger partial charge in [0, 0.05) is 19.5 Å². The first-order valence-electron chi connectivity index (χ1n) is 5.39. The maximum absolute atomic E-state index is 4.13. The molecule has 0 aromatic rings. The highest BCUT2D eigenvalue weighted by atomic mass is 14.7. The van der Waals surface area contributed by atoms with Crippen molar-refractivity contribution in [1.29, 1.82) is 0 Å². The van der Waals surface area contributed by atoms with Gasteiger partial charge in [-0.05, 0) is 19.8 Å². The summed E-state index contributed by atoms with van der Waals surface area (Å²) >= 11 is 0. The average Bonchev–Trinajstić information content (AvgIpc) is 2.28. The van der Waals surface area contributed by atoms with Crippen molar-refractivity contribution in [3.8, 4) is 0 Å². The van der Waals surface area contributed by atoms with Crippen molar-refractivity contribution < 1.29 is 0 Å². The Labute approximate surface area is 98.5 Å². The molecule has 0 radical (unpaired) electrons. The van der Waals surface area contributed by atoms with E-state index >= 15 is 0 Å². The summed E-state index contributed by atoms with van der Waals surface area (Å²) in [5, 5.41) is 0. The van der Waals surface area contributed by atoms with Crippen LogP contribution in [0.4, 0.5) is 0 Å². The molecule has 0 N–H and O–H groups in total. The molecule has 0 aliphatic rings. The number of rotatable bonds is 7. The van der Waals surface area contributed by atoms with Gasteiger partial charge < -0.3 is 0 Å². The fourth-order valence-corrected chi connectivity index (χ4v) is 1.07. The van der Waals surface area contributed by atoms with Crippen molar-refractivity contribution in [3.63, 3.8) is 0 Å². The van der Waals surface area contributed by atoms with Gasteiger partial charge in [-0.3, -0.25) is 9.98 Å². The highest BCUT2D eigenvalue weighted by molar-refractivity contribution is 6.30. The molecular weight excluding hydrogens is 196 g/mol. The maximum Gasteiger partial charge on any atom is 0.0584 e. The predicted molar refractivity (Wildman–Crippen MR) is 74.4 cm³/mol. The lowest BCUT2D eigenvalue weighted by atomic mass is 10.2. The van der Waals surface area contributed by atoms with Gasteiger partial charge in [0.25, 0.3) is 0 Å². The molecule has 0 amide bonds. The van der Waals surface area contributed by atoms with Crippen molar-refractivity contribution in [2.24, 2.45) is 9.98 Å². The van der Waals surface area contributed by atoms with Gasteiger partial charge in [-0.15, -0.1) is 0 Å². The highest BCUT2D eigenvalue weighted by Gasteiger charge is 1.91. The fraction of sp³-hybridized carbons (Fsp3) is 0.286. The molecule has 0 heterocycles. The Balaban J connectivity index is 3.95. The van der Waals surface area contributed by atoms with E-state index in [0.717, 1.165) is 18.6 Å². The van der Waals surface area contributed by atoms with Gasteiger partial charge in [0.15, 0.2) is 0 Å². The van der Waals surface area contributed by atoms with Crippen molar-refractivity contribution in [3.05, 3.63) is 49.2 Å². The van der Waals surface area contributed by atoms with Crippen LogP contribution in [-0.2, 0) is 0 Å². The van der Waals surface area contributed by atoms with E-state index in [1.807, 2.05) is 37.3 Å². The molecule has 0 aliphatic heterocycles. The number of hydrogen-bond acceptors (Lipinski definition) is 2. The molecule has 0 rings (SSSR count). The number of nitrogens with zero attached hydrogens (tertiary/aromatic N) is 2. The van der Waals surface area contributed by atoms with E-state index < -0.39 is 0 Å². The van der Waals surface area contributed by atoms with Crippen LogP contribution in [0.25, 0.3) is 0 Å². The monoisotopic (exact) mass is 216 g/mol. The standard InChI is InChI=1S/C14H20N2/c1-4-6-7-8-9-10-11-12-14(13-15-3)16-5-2/h4-10,13H,2,11-12H2,1,3H3/b6-4?,8-7-,10-9-,15-13?,16-14?. The Hall–Kier alpha value is -1.70. The normalized spacial score (nSPS) is 13.8. The summed E-state index contributed by atoms with van der Waals surface area (Å²) < 4.78 is 0. The quantitative estimate of drug-likeness (QED) is 0.457. The van der Waals surface area contributed by atoms with Crippen molar-refractivity contribution in [2.75, 3.05) is 7.05 Å². The summed E-state index contributed by atoms with van der Waals surface area (Å²) in [6.07, 6.45) is 17.3. The van der Waals surface area contributed by atoms with Gasteiger partial charge in [-0.2, -0.15) is 0 Å². The second kappa shape index (κ2) is 11.4. The molecule has 0 aromatic carbocycles. The molecule has 0 spiro atoms. The SMILES string of the molecule is C=CN=C(C=NC)CC/C=C\C=C/C=CC. The molecule has 0 aliphatic carbocycles. The Morgan fingerprint density at radius 3 is 2.56 bits per heavy atom. The lowest BCUT2D eigenvalue weighted by Gasteiger charge is -1.94. The van der Waals surface area contributed by atoms with E-state index in [1.165, 1.54) is 0 Å². The minimum absolute atomic E-state index is 0.886. The summed E-state index contributed by atoms with van der Waals surface area (Å²) in [7, 11) is 1.74. The number of hydrogen-bond donors (Lipinski definition) is 0. The lowest BCUT2D eigenvalue weighted by Crippen LogP contribution is -1.98. The van der Waals surface area contributed by atoms with E-state index in [1.54, 1.807) is 19.5 Å². The first kappa shape index (κ1) is 14.3. The van der Waals surface area contributed by atoms with Gasteiger partial charge >= 0.3 is 0 Å². The fourth-order valence-electron chi connectivity index (χ4n) is 1.07. The Kier molecular flexibility index (Phi) is 10.2. The molecule has 0 bridgehead atoms. The van der Waals surface area contributed by atoms with E-state index in [2.05, 4.69) is 22.6 Å². The summed E-state index contributed by atoms with van der Waals surface area (Å²) in [5.41, 5.74) is 0.958. The largest absolute Gasteiger partial charge is 0.295 e. The second-order valence-corrected chi connectivity index (χ2v) is 3.07. The molecule has 0 saturated heterocycles. The van der Waals surface area contributed by atoms with Crippen LogP contribution in [0.2, 0.25) is 0 Å². The van der Waals surface area contributed by atoms with Crippen LogP contribution in [-0.4, -0.2) is 19.0 Å². The van der Waals surface area contributed by atoms with Crippen molar-refractivity contribution >= 4 is 11.9 Å². The zero-order valence-electron chi connectivity index (χ0n) is 10.1. The van der Waals surface area contributed by atoms with Gasteiger partial charge in [-0.1, -0.05) is 43.0 Å². The van der Waals surface area contributed by atoms with Crippen LogP contribution in [0, 0.1) is 0 Å². The third-order valence-electron chi connectivity index (χ3n) is 1.76. The third kappa shape index (κ3) is 8.88. The van der Waals surface area contributed by atoms with Crippen molar-refractivity contribution in [1.82, 2.24) is 0 Å². The first-order chi connectivity index (χ1) is 7.85. The molecule has 0 atom stereocenters. The minimum Gasteiger partial charge on any atom is -0.295 e. The van der Waals surface area contributed by atoms with Crippen LogP contribution in [0.15, 0.2) is 59.2 Å². The minimum atomic E-state index is 0.886. The van der Waals surface area contributed by atoms with Gasteiger partial charge in [0.1, 0.15) is 0 Å². The Morgan fingerprint density at radius 1 is 1.19 bits per heavy atom. The molecule has 0 unspecified atom stereocenters. The van der Waals surface area contributed by atoms with E-state index in [0.29, 0.717) is 0 Å². The first-order valence-corrected chi connectivity index (χ1v) is 5.39. The molecule has 0 saturated carbocycles. The zero-order chi connectivity index (χ0) is 12.1. The second-order valence-electron chi connectivity index (χ2n) is 3.07. The zero-order valence-corrected chi connectivity index (χ0v) is 10.1. The smallest absolute Gasteiger partial charge is 0.0584 e. The Bertz CT molecular complexity index is 318. The van der Waals surface area contributed by atoms with Crippen LogP contribution in [0.5, 0.6) is 0 Å². The third-order valence-corrected chi connectivity index (χ3v) is 1.76. The number of aliphatic imine (C=N–C) groups is 2. The van der Waals surface area contributed by atoms with E-state index in [-0.39, 0.29) is 0 Å². The molecule has 2 nitrogen and oxygen atoms in total. The van der Waals surface area contributed by atoms with Gasteiger partial charge in [0.05, 0.1) is 5.71 Å². The van der Waals surface area contributed by atoms with Crippen LogP contribution >= 0.6 is 0 Å². The maximum atomic E-state index is 4.13. The Morgan fingerprint density at radius 2 is 1.94 bits per heavy atom. The van der Waals surface area contributed by atoms with E-state index in [4.69, 9.17) is 0 Å². The molecule has 2 heteroatoms. The summed E-state index contributed by atoms with van der Waals surface area (Å²) in [6.45, 7) is 5.57. The average molecular weight is 216 g/mol. The highest BCUT2D eigenvalue weighted by Crippen LogP contribution is 1.95. The molecule has 16 heavy (non-hydrogen) atoms. The molecular formula is C14H20N2. The van der Waals surface area contributed by atoms with Crippen LogP contribution < -0.4 is 0 Å². The van der Waals surface area contributed by atoms with Gasteiger partial charge in [0.2, 0.25) is 0 Å². The number of allylic oxidation sites excluding steroid dienone is 6. The lowest BCUT2D eigenvalue weighted by molar-refractivity contribution is 1.10. The summed E-state index contributed by atoms with van der Waals surface area (Å²) in [4.78, 5) is 8.07. The molecule has 0 fully saturated rings. The van der Waals surface area contributed by atoms with Gasteiger partial charge in [-0.25, -0.2) is 0 Å². The molecule has 86 valence electrons. The topological polar surface area (TPSA) is 24.7 Å². The van der Waals surface area contributed by atoms with Crippen molar-refractivity contribution in [2.45, 2.75) is 19.8 Å². The summed E-state index contributed by atoms with van der Waals surface area (Å²) in [5.74, 6) is 0. The van der Waals surface area contributed by atoms with Crippen LogP contribution in [0.3, 0.4) is 0 Å². The summed E-state index contributed by atoms with van der Waals surface area (Å²) in [6, 6.07) is 0. The molecule has 0 aromatic heterocycles.